The summed E-state index contributed by atoms with van der Waals surface area (Å²) in [5.74, 6) is 0.878. The number of aryl methyl sites for hydroxylation is 2. The summed E-state index contributed by atoms with van der Waals surface area (Å²) in [7, 11) is -3.54. The van der Waals surface area contributed by atoms with Crippen molar-refractivity contribution in [3.05, 3.63) is 59.2 Å². The van der Waals surface area contributed by atoms with Crippen LogP contribution >= 0.6 is 0 Å². The van der Waals surface area contributed by atoms with Crippen LogP contribution in [0.5, 0.6) is 5.75 Å². The lowest BCUT2D eigenvalue weighted by atomic mass is 9.95. The molecule has 1 amide bonds. The maximum Gasteiger partial charge on any atom is 0.243 e. The first-order valence-corrected chi connectivity index (χ1v) is 13.4. The highest BCUT2D eigenvalue weighted by molar-refractivity contribution is 7.89. The SMILES string of the molecule is CCOc1ccc([C@@H]2CCCN2C(=O)C2CCN(S(=O)(=O)c3ccc(C)c(C)c3)CC2)cc1. The molecular formula is C26H34N2O4S. The lowest BCUT2D eigenvalue weighted by molar-refractivity contribution is -0.137. The average molecular weight is 471 g/mol. The highest BCUT2D eigenvalue weighted by atomic mass is 32.2. The Morgan fingerprint density at radius 2 is 1.67 bits per heavy atom. The molecule has 4 rings (SSSR count). The first kappa shape index (κ1) is 23.8. The molecule has 0 bridgehead atoms. The predicted octanol–water partition coefficient (Wildman–Crippen LogP) is 4.47. The molecular weight excluding hydrogens is 436 g/mol. The molecule has 2 aromatic rings. The molecule has 2 aliphatic rings. The van der Waals surface area contributed by atoms with Crippen LogP contribution in [0, 0.1) is 19.8 Å². The number of amides is 1. The molecule has 6 nitrogen and oxygen atoms in total. The minimum absolute atomic E-state index is 0.0884. The minimum atomic E-state index is -3.54. The van der Waals surface area contributed by atoms with Crippen LogP contribution in [0.2, 0.25) is 0 Å². The molecule has 33 heavy (non-hydrogen) atoms. The second-order valence-electron chi connectivity index (χ2n) is 9.12. The average Bonchev–Trinajstić information content (AvgIpc) is 3.31. The van der Waals surface area contributed by atoms with Gasteiger partial charge >= 0.3 is 0 Å². The summed E-state index contributed by atoms with van der Waals surface area (Å²) in [5.41, 5.74) is 3.18. The predicted molar refractivity (Wildman–Crippen MR) is 129 cm³/mol. The smallest absolute Gasteiger partial charge is 0.243 e. The molecule has 0 N–H and O–H groups in total. The van der Waals surface area contributed by atoms with E-state index in [9.17, 15) is 13.2 Å². The number of nitrogens with zero attached hydrogens (tertiary/aromatic N) is 2. The zero-order valence-corrected chi connectivity index (χ0v) is 20.6. The van der Waals surface area contributed by atoms with E-state index in [1.807, 2.05) is 43.9 Å². The summed E-state index contributed by atoms with van der Waals surface area (Å²) in [6, 6.07) is 13.4. The van der Waals surface area contributed by atoms with E-state index in [0.717, 1.165) is 41.8 Å². The molecule has 0 radical (unpaired) electrons. The highest BCUT2D eigenvalue weighted by Gasteiger charge is 2.37. The van der Waals surface area contributed by atoms with E-state index >= 15 is 0 Å². The Balaban J connectivity index is 1.40. The van der Waals surface area contributed by atoms with Crippen LogP contribution in [0.25, 0.3) is 0 Å². The fourth-order valence-electron chi connectivity index (χ4n) is 4.93. The summed E-state index contributed by atoms with van der Waals surface area (Å²) >= 11 is 0. The zero-order chi connectivity index (χ0) is 23.6. The minimum Gasteiger partial charge on any atom is -0.494 e. The first-order valence-electron chi connectivity index (χ1n) is 11.9. The standard InChI is InChI=1S/C26H34N2O4S/c1-4-32-23-10-8-21(9-11-23)25-6-5-15-28(25)26(29)22-13-16-27(17-14-22)33(30,31)24-12-7-19(2)20(3)18-24/h7-12,18,22,25H,4-6,13-17H2,1-3H3/t25-/m0/s1. The van der Waals surface area contributed by atoms with Gasteiger partial charge in [0.25, 0.3) is 0 Å². The zero-order valence-electron chi connectivity index (χ0n) is 19.8. The second-order valence-corrected chi connectivity index (χ2v) is 11.1. The van der Waals surface area contributed by atoms with Crippen molar-refractivity contribution < 1.29 is 17.9 Å². The van der Waals surface area contributed by atoms with Gasteiger partial charge in [-0.2, -0.15) is 4.31 Å². The summed E-state index contributed by atoms with van der Waals surface area (Å²) in [5, 5.41) is 0. The number of ether oxygens (including phenoxy) is 1. The Bertz CT molecular complexity index is 1090. The van der Waals surface area contributed by atoms with Crippen molar-refractivity contribution >= 4 is 15.9 Å². The maximum atomic E-state index is 13.4. The van der Waals surface area contributed by atoms with Gasteiger partial charge in [0.1, 0.15) is 5.75 Å². The van der Waals surface area contributed by atoms with Crippen LogP contribution < -0.4 is 4.74 Å². The molecule has 2 aromatic carbocycles. The number of piperidine rings is 1. The molecule has 0 aliphatic carbocycles. The van der Waals surface area contributed by atoms with Crippen molar-refractivity contribution in [3.63, 3.8) is 0 Å². The van der Waals surface area contributed by atoms with Gasteiger partial charge in [-0.1, -0.05) is 18.2 Å². The van der Waals surface area contributed by atoms with Crippen LogP contribution in [0.15, 0.2) is 47.4 Å². The quantitative estimate of drug-likeness (QED) is 0.625. The van der Waals surface area contributed by atoms with Gasteiger partial charge in [-0.25, -0.2) is 8.42 Å². The lowest BCUT2D eigenvalue weighted by Gasteiger charge is -2.34. The Kier molecular flexibility index (Phi) is 7.10. The number of hydrogen-bond acceptors (Lipinski definition) is 4. The Hall–Kier alpha value is -2.38. The monoisotopic (exact) mass is 470 g/mol. The van der Waals surface area contributed by atoms with E-state index in [2.05, 4.69) is 12.1 Å². The van der Waals surface area contributed by atoms with E-state index in [4.69, 9.17) is 4.74 Å². The maximum absolute atomic E-state index is 13.4. The van der Waals surface area contributed by atoms with E-state index < -0.39 is 10.0 Å². The van der Waals surface area contributed by atoms with E-state index in [0.29, 0.717) is 37.4 Å². The first-order chi connectivity index (χ1) is 15.8. The molecule has 0 aromatic heterocycles. The van der Waals surface area contributed by atoms with Gasteiger partial charge in [0.15, 0.2) is 0 Å². The van der Waals surface area contributed by atoms with Gasteiger partial charge in [-0.3, -0.25) is 4.79 Å². The summed E-state index contributed by atoms with van der Waals surface area (Å²) in [6.45, 7) is 8.02. The van der Waals surface area contributed by atoms with E-state index in [1.54, 1.807) is 12.1 Å². The summed E-state index contributed by atoms with van der Waals surface area (Å²) in [6.07, 6.45) is 3.08. The highest BCUT2D eigenvalue weighted by Crippen LogP contribution is 2.36. The van der Waals surface area contributed by atoms with Crippen molar-refractivity contribution in [3.8, 4) is 5.75 Å². The Labute approximate surface area is 197 Å². The molecule has 2 fully saturated rings. The third kappa shape index (κ3) is 4.94. The lowest BCUT2D eigenvalue weighted by Crippen LogP contribution is -2.44. The molecule has 0 saturated carbocycles. The second kappa shape index (κ2) is 9.85. The largest absolute Gasteiger partial charge is 0.494 e. The van der Waals surface area contributed by atoms with Gasteiger partial charge in [0, 0.05) is 25.6 Å². The number of likely N-dealkylation sites (tertiary alicyclic amines) is 1. The fourth-order valence-corrected chi connectivity index (χ4v) is 6.49. The topological polar surface area (TPSA) is 66.9 Å². The molecule has 2 saturated heterocycles. The van der Waals surface area contributed by atoms with Crippen LogP contribution in [-0.4, -0.2) is 49.8 Å². The Morgan fingerprint density at radius 3 is 2.30 bits per heavy atom. The number of carbonyl (C=O) groups excluding carboxylic acids is 1. The van der Waals surface area contributed by atoms with Crippen molar-refractivity contribution in [1.82, 2.24) is 9.21 Å². The van der Waals surface area contributed by atoms with Crippen LogP contribution in [0.1, 0.15) is 55.3 Å². The number of benzene rings is 2. The van der Waals surface area contributed by atoms with Crippen molar-refractivity contribution in [2.24, 2.45) is 5.92 Å². The molecule has 1 atom stereocenters. The van der Waals surface area contributed by atoms with Gasteiger partial charge in [-0.15, -0.1) is 0 Å². The van der Waals surface area contributed by atoms with Crippen molar-refractivity contribution in [2.45, 2.75) is 57.4 Å². The van der Waals surface area contributed by atoms with Crippen LogP contribution in [-0.2, 0) is 14.8 Å². The molecule has 2 aliphatic heterocycles. The summed E-state index contributed by atoms with van der Waals surface area (Å²) in [4.78, 5) is 15.7. The molecule has 2 heterocycles. The van der Waals surface area contributed by atoms with E-state index in [1.165, 1.54) is 4.31 Å². The number of hydrogen-bond donors (Lipinski definition) is 0. The van der Waals surface area contributed by atoms with Crippen molar-refractivity contribution in [2.75, 3.05) is 26.2 Å². The molecule has 178 valence electrons. The molecule has 7 heteroatoms. The number of carbonyl (C=O) groups is 1. The third-order valence-electron chi connectivity index (χ3n) is 7.03. The van der Waals surface area contributed by atoms with Gasteiger partial charge in [0.2, 0.25) is 15.9 Å². The van der Waals surface area contributed by atoms with Gasteiger partial charge in [0.05, 0.1) is 17.5 Å². The number of rotatable bonds is 6. The van der Waals surface area contributed by atoms with Crippen LogP contribution in [0.3, 0.4) is 0 Å². The normalized spacial score (nSPS) is 20.2. The number of sulfonamides is 1. The Morgan fingerprint density at radius 1 is 0.970 bits per heavy atom. The van der Waals surface area contributed by atoms with E-state index in [-0.39, 0.29) is 17.9 Å². The van der Waals surface area contributed by atoms with Gasteiger partial charge < -0.3 is 9.64 Å². The third-order valence-corrected chi connectivity index (χ3v) is 8.93. The molecule has 0 unspecified atom stereocenters. The molecule has 0 spiro atoms. The van der Waals surface area contributed by atoms with Crippen LogP contribution in [0.4, 0.5) is 0 Å². The fraction of sp³-hybridized carbons (Fsp3) is 0.500. The summed E-state index contributed by atoms with van der Waals surface area (Å²) < 4.78 is 33.3. The van der Waals surface area contributed by atoms with Crippen molar-refractivity contribution in [1.29, 1.82) is 0 Å². The van der Waals surface area contributed by atoms with Gasteiger partial charge in [-0.05, 0) is 87.4 Å².